The van der Waals surface area contributed by atoms with Gasteiger partial charge in [0.05, 0.1) is 34.2 Å². The molecule has 37 heavy (non-hydrogen) atoms. The molecule has 1 aromatic heterocycles. The fourth-order valence-electron chi connectivity index (χ4n) is 4.77. The summed E-state index contributed by atoms with van der Waals surface area (Å²) in [5.74, 6) is 1.60. The molecule has 0 aliphatic rings. The summed E-state index contributed by atoms with van der Waals surface area (Å²) in [5.41, 5.74) is 12.1. The molecular weight excluding hydrogens is 450 g/mol. The number of aromatic nitrogens is 1. The number of para-hydroxylation sites is 2. The van der Waals surface area contributed by atoms with Crippen LogP contribution in [0.3, 0.4) is 0 Å². The molecule has 0 bridgehead atoms. The monoisotopic (exact) mass is 495 g/mol. The van der Waals surface area contributed by atoms with Crippen LogP contribution in [0, 0.1) is 6.92 Å². The summed E-state index contributed by atoms with van der Waals surface area (Å²) < 4.78 is 0. The normalized spacial score (nSPS) is 12.9. The van der Waals surface area contributed by atoms with Gasteiger partial charge in [0.1, 0.15) is 0 Å². The molecule has 0 N–H and O–H groups in total. The van der Waals surface area contributed by atoms with Crippen LogP contribution in [0.2, 0.25) is 0 Å². The number of benzene rings is 2. The first-order valence-corrected chi connectivity index (χ1v) is 13.8. The molecule has 2 aromatic carbocycles. The largest absolute Gasteiger partial charge is 0.251 e. The van der Waals surface area contributed by atoms with Crippen molar-refractivity contribution >= 4 is 22.8 Å². The van der Waals surface area contributed by atoms with E-state index in [1.165, 1.54) is 22.3 Å². The molecule has 0 aliphatic heterocycles. The SMILES string of the molecule is CC(=Nc1c(C(C)C)cccc1C(C)C)c1cc(C)cc(C(C)=Nc2c(C(C)C)cccc2C(C)C)n1. The summed E-state index contributed by atoms with van der Waals surface area (Å²) >= 11 is 0. The van der Waals surface area contributed by atoms with Crippen LogP contribution in [0.5, 0.6) is 0 Å². The molecule has 0 saturated heterocycles. The average molecular weight is 496 g/mol. The number of nitrogens with zero attached hydrogens (tertiary/aromatic N) is 3. The van der Waals surface area contributed by atoms with Crippen molar-refractivity contribution < 1.29 is 0 Å². The summed E-state index contributed by atoms with van der Waals surface area (Å²) in [6, 6.07) is 17.4. The number of rotatable bonds is 8. The molecular formula is C34H45N3. The summed E-state index contributed by atoms with van der Waals surface area (Å²) in [7, 11) is 0. The predicted molar refractivity (Wildman–Crippen MR) is 162 cm³/mol. The van der Waals surface area contributed by atoms with E-state index in [9.17, 15) is 0 Å². The van der Waals surface area contributed by atoms with Gasteiger partial charge in [0, 0.05) is 0 Å². The van der Waals surface area contributed by atoms with Crippen LogP contribution in [-0.4, -0.2) is 16.4 Å². The van der Waals surface area contributed by atoms with E-state index in [1.807, 2.05) is 0 Å². The molecule has 0 amide bonds. The van der Waals surface area contributed by atoms with Gasteiger partial charge in [-0.1, -0.05) is 91.8 Å². The minimum absolute atomic E-state index is 0.400. The third-order valence-corrected chi connectivity index (χ3v) is 6.95. The predicted octanol–water partition coefficient (Wildman–Crippen LogP) is 10.2. The maximum Gasteiger partial charge on any atom is 0.0852 e. The van der Waals surface area contributed by atoms with Crippen LogP contribution >= 0.6 is 0 Å². The van der Waals surface area contributed by atoms with Crippen molar-refractivity contribution in [1.29, 1.82) is 0 Å². The Bertz CT molecular complexity index is 1160. The Morgan fingerprint density at radius 3 is 1.14 bits per heavy atom. The van der Waals surface area contributed by atoms with Gasteiger partial charge in [-0.05, 0) is 84.4 Å². The Labute approximate surface area is 225 Å². The lowest BCUT2D eigenvalue weighted by Gasteiger charge is -2.18. The average Bonchev–Trinajstić information content (AvgIpc) is 2.83. The van der Waals surface area contributed by atoms with Crippen molar-refractivity contribution in [2.24, 2.45) is 9.98 Å². The van der Waals surface area contributed by atoms with E-state index in [-0.39, 0.29) is 0 Å². The standard InChI is InChI=1S/C34H45N3/c1-20(2)27-14-12-15-28(21(3)4)33(27)35-25(10)31-18-24(9)19-32(37-31)26(11)36-34-29(22(5)6)16-13-17-30(34)23(7)8/h12-23H,1-11H3. The molecule has 0 atom stereocenters. The van der Waals surface area contributed by atoms with E-state index in [2.05, 4.69) is 125 Å². The van der Waals surface area contributed by atoms with Gasteiger partial charge in [-0.25, -0.2) is 4.98 Å². The van der Waals surface area contributed by atoms with Gasteiger partial charge in [-0.15, -0.1) is 0 Å². The number of aryl methyl sites for hydroxylation is 1. The highest BCUT2D eigenvalue weighted by atomic mass is 14.8. The van der Waals surface area contributed by atoms with E-state index in [0.717, 1.165) is 39.7 Å². The second-order valence-electron chi connectivity index (χ2n) is 11.5. The van der Waals surface area contributed by atoms with Gasteiger partial charge in [0.2, 0.25) is 0 Å². The Morgan fingerprint density at radius 2 is 0.865 bits per heavy atom. The zero-order valence-corrected chi connectivity index (χ0v) is 24.8. The summed E-state index contributed by atoms with van der Waals surface area (Å²) in [5, 5.41) is 0. The Morgan fingerprint density at radius 1 is 0.568 bits per heavy atom. The van der Waals surface area contributed by atoms with Crippen molar-refractivity contribution in [3.8, 4) is 0 Å². The maximum atomic E-state index is 5.19. The van der Waals surface area contributed by atoms with Gasteiger partial charge >= 0.3 is 0 Å². The minimum Gasteiger partial charge on any atom is -0.251 e. The van der Waals surface area contributed by atoms with Gasteiger partial charge in [0.15, 0.2) is 0 Å². The first kappa shape index (κ1) is 28.5. The van der Waals surface area contributed by atoms with Gasteiger partial charge < -0.3 is 0 Å². The molecule has 0 spiro atoms. The Kier molecular flexibility index (Phi) is 9.23. The minimum atomic E-state index is 0.400. The van der Waals surface area contributed by atoms with E-state index in [0.29, 0.717) is 23.7 Å². The molecule has 0 saturated carbocycles. The molecule has 0 aliphatic carbocycles. The molecule has 3 nitrogen and oxygen atoms in total. The van der Waals surface area contributed by atoms with E-state index < -0.39 is 0 Å². The fourth-order valence-corrected chi connectivity index (χ4v) is 4.77. The van der Waals surface area contributed by atoms with Crippen molar-refractivity contribution in [2.45, 2.75) is 99.8 Å². The van der Waals surface area contributed by atoms with E-state index in [1.54, 1.807) is 0 Å². The second-order valence-corrected chi connectivity index (χ2v) is 11.5. The third kappa shape index (κ3) is 6.63. The molecule has 3 heteroatoms. The van der Waals surface area contributed by atoms with Crippen LogP contribution in [0.15, 0.2) is 58.5 Å². The van der Waals surface area contributed by atoms with Crippen LogP contribution in [0.25, 0.3) is 0 Å². The fraction of sp³-hybridized carbons (Fsp3) is 0.441. The van der Waals surface area contributed by atoms with E-state index in [4.69, 9.17) is 15.0 Å². The van der Waals surface area contributed by atoms with Gasteiger partial charge in [-0.2, -0.15) is 0 Å². The smallest absolute Gasteiger partial charge is 0.0852 e. The molecule has 3 aromatic rings. The van der Waals surface area contributed by atoms with Crippen molar-refractivity contribution in [3.05, 3.63) is 87.7 Å². The van der Waals surface area contributed by atoms with Crippen LogP contribution in [0.1, 0.15) is 132 Å². The first-order chi connectivity index (χ1) is 17.4. The molecule has 1 heterocycles. The Hall–Kier alpha value is -3.07. The summed E-state index contributed by atoms with van der Waals surface area (Å²) in [4.78, 5) is 15.4. The van der Waals surface area contributed by atoms with Gasteiger partial charge in [0.25, 0.3) is 0 Å². The number of hydrogen-bond donors (Lipinski definition) is 0. The number of pyridine rings is 1. The lowest BCUT2D eigenvalue weighted by atomic mass is 9.93. The third-order valence-electron chi connectivity index (χ3n) is 6.95. The highest BCUT2D eigenvalue weighted by Crippen LogP contribution is 2.36. The number of hydrogen-bond acceptors (Lipinski definition) is 3. The topological polar surface area (TPSA) is 37.6 Å². The zero-order chi connectivity index (χ0) is 27.4. The molecule has 0 unspecified atom stereocenters. The maximum absolute atomic E-state index is 5.19. The van der Waals surface area contributed by atoms with Crippen molar-refractivity contribution in [1.82, 2.24) is 4.98 Å². The summed E-state index contributed by atoms with van der Waals surface area (Å²) in [6.07, 6.45) is 0. The molecule has 0 radical (unpaired) electrons. The lowest BCUT2D eigenvalue weighted by Crippen LogP contribution is -2.07. The molecule has 196 valence electrons. The quantitative estimate of drug-likeness (QED) is 0.286. The lowest BCUT2D eigenvalue weighted by molar-refractivity contribution is 0.834. The first-order valence-electron chi connectivity index (χ1n) is 13.8. The summed E-state index contributed by atoms with van der Waals surface area (Å²) in [6.45, 7) is 24.1. The Balaban J connectivity index is 2.14. The molecule has 0 fully saturated rings. The van der Waals surface area contributed by atoms with Crippen LogP contribution in [-0.2, 0) is 0 Å². The van der Waals surface area contributed by atoms with Crippen molar-refractivity contribution in [2.75, 3.05) is 0 Å². The number of aliphatic imine (C=N–C) groups is 2. The highest BCUT2D eigenvalue weighted by molar-refractivity contribution is 6.03. The van der Waals surface area contributed by atoms with Crippen LogP contribution in [0.4, 0.5) is 11.4 Å². The molecule has 3 rings (SSSR count). The van der Waals surface area contributed by atoms with E-state index >= 15 is 0 Å². The van der Waals surface area contributed by atoms with Crippen molar-refractivity contribution in [3.63, 3.8) is 0 Å². The van der Waals surface area contributed by atoms with Crippen LogP contribution < -0.4 is 0 Å². The zero-order valence-electron chi connectivity index (χ0n) is 24.8. The highest BCUT2D eigenvalue weighted by Gasteiger charge is 2.16. The second kappa shape index (κ2) is 12.0. The van der Waals surface area contributed by atoms with Gasteiger partial charge in [-0.3, -0.25) is 9.98 Å².